The molecule has 21 heavy (non-hydrogen) atoms. The summed E-state index contributed by atoms with van der Waals surface area (Å²) in [6.45, 7) is 8.34. The molecule has 0 radical (unpaired) electrons. The Bertz CT molecular complexity index is 650. The van der Waals surface area contributed by atoms with Gasteiger partial charge in [-0.05, 0) is 57.2 Å². The Hall–Kier alpha value is -0.840. The van der Waals surface area contributed by atoms with Crippen molar-refractivity contribution in [2.75, 3.05) is 13.2 Å². The van der Waals surface area contributed by atoms with Gasteiger partial charge in [-0.2, -0.15) is 0 Å². The molecule has 2 heterocycles. The van der Waals surface area contributed by atoms with E-state index in [-0.39, 0.29) is 11.5 Å². The molecule has 112 valence electrons. The molecule has 2 aromatic rings. The number of ether oxygens (including phenoxy) is 1. The monoisotopic (exact) mass is 365 g/mol. The highest BCUT2D eigenvalue weighted by atomic mass is 79.9. The van der Waals surface area contributed by atoms with Crippen LogP contribution in [0.5, 0.6) is 5.75 Å². The Labute approximate surface area is 138 Å². The van der Waals surface area contributed by atoms with Crippen molar-refractivity contribution in [1.29, 1.82) is 0 Å². The van der Waals surface area contributed by atoms with Gasteiger partial charge in [-0.15, -0.1) is 11.3 Å². The summed E-state index contributed by atoms with van der Waals surface area (Å²) in [5.74, 6) is 1.03. The Morgan fingerprint density at radius 2 is 2.14 bits per heavy atom. The van der Waals surface area contributed by atoms with Crippen LogP contribution in [0.25, 0.3) is 0 Å². The van der Waals surface area contributed by atoms with E-state index in [1.807, 2.05) is 0 Å². The van der Waals surface area contributed by atoms with Crippen LogP contribution in [0, 0.1) is 0 Å². The average Bonchev–Trinajstić information content (AvgIpc) is 3.00. The Morgan fingerprint density at radius 3 is 2.81 bits per heavy atom. The Kier molecular flexibility index (Phi) is 4.12. The predicted molar refractivity (Wildman–Crippen MR) is 92.5 cm³/mol. The maximum absolute atomic E-state index is 5.79. The number of hydrogen-bond acceptors (Lipinski definition) is 3. The summed E-state index contributed by atoms with van der Waals surface area (Å²) in [6.07, 6.45) is 0. The maximum atomic E-state index is 5.79. The molecule has 1 aromatic heterocycles. The van der Waals surface area contributed by atoms with E-state index >= 15 is 0 Å². The fourth-order valence-corrected chi connectivity index (χ4v) is 4.03. The van der Waals surface area contributed by atoms with Crippen LogP contribution in [0.15, 0.2) is 33.4 Å². The number of hydrogen-bond donors (Lipinski definition) is 1. The van der Waals surface area contributed by atoms with Crippen molar-refractivity contribution in [2.24, 2.45) is 0 Å². The zero-order valence-corrected chi connectivity index (χ0v) is 15.0. The first kappa shape index (κ1) is 15.1. The van der Waals surface area contributed by atoms with Crippen LogP contribution in [-0.4, -0.2) is 13.2 Å². The molecule has 4 heteroatoms. The molecule has 1 N–H and O–H groups in total. The van der Waals surface area contributed by atoms with Crippen molar-refractivity contribution in [3.05, 3.63) is 50.1 Å². The van der Waals surface area contributed by atoms with Gasteiger partial charge in [0.25, 0.3) is 0 Å². The SMILES string of the molecule is CCNC(c1csc(Br)c1)c1ccc2c(c1)C(C)(C)CO2. The summed E-state index contributed by atoms with van der Waals surface area (Å²) in [5, 5.41) is 5.81. The van der Waals surface area contributed by atoms with Gasteiger partial charge in [0.15, 0.2) is 0 Å². The van der Waals surface area contributed by atoms with Gasteiger partial charge in [-0.3, -0.25) is 0 Å². The van der Waals surface area contributed by atoms with E-state index in [2.05, 4.69) is 71.7 Å². The lowest BCUT2D eigenvalue weighted by molar-refractivity contribution is 0.291. The molecule has 1 aromatic carbocycles. The third kappa shape index (κ3) is 2.89. The van der Waals surface area contributed by atoms with E-state index in [0.29, 0.717) is 0 Å². The van der Waals surface area contributed by atoms with E-state index < -0.39 is 0 Å². The van der Waals surface area contributed by atoms with Crippen molar-refractivity contribution >= 4 is 27.3 Å². The molecule has 1 aliphatic rings. The summed E-state index contributed by atoms with van der Waals surface area (Å²) in [7, 11) is 0. The first-order valence-corrected chi connectivity index (χ1v) is 8.93. The predicted octanol–water partition coefficient (Wildman–Crippen LogP) is 4.88. The number of thiophene rings is 1. The molecule has 1 atom stereocenters. The number of benzene rings is 1. The van der Waals surface area contributed by atoms with Gasteiger partial charge in [0.2, 0.25) is 0 Å². The number of rotatable bonds is 4. The Balaban J connectivity index is 2.01. The molecule has 0 amide bonds. The lowest BCUT2D eigenvalue weighted by Gasteiger charge is -2.21. The lowest BCUT2D eigenvalue weighted by atomic mass is 9.85. The number of nitrogens with one attached hydrogen (secondary N) is 1. The first-order valence-electron chi connectivity index (χ1n) is 7.26. The standard InChI is InChI=1S/C17H20BrNOS/c1-4-19-16(12-8-15(18)21-9-12)11-5-6-14-13(7-11)17(2,3)10-20-14/h5-9,16,19H,4,10H2,1-3H3. The van der Waals surface area contributed by atoms with E-state index in [9.17, 15) is 0 Å². The van der Waals surface area contributed by atoms with E-state index in [4.69, 9.17) is 4.74 Å². The molecule has 2 nitrogen and oxygen atoms in total. The van der Waals surface area contributed by atoms with Crippen LogP contribution in [0.4, 0.5) is 0 Å². The molecule has 0 spiro atoms. The third-order valence-electron chi connectivity index (χ3n) is 3.98. The van der Waals surface area contributed by atoms with Gasteiger partial charge in [0, 0.05) is 11.0 Å². The minimum Gasteiger partial charge on any atom is -0.492 e. The van der Waals surface area contributed by atoms with Crippen molar-refractivity contribution in [1.82, 2.24) is 5.32 Å². The molecule has 0 saturated carbocycles. The molecule has 3 rings (SSSR count). The van der Waals surface area contributed by atoms with Crippen LogP contribution in [-0.2, 0) is 5.41 Å². The first-order chi connectivity index (χ1) is 10.0. The molecular formula is C17H20BrNOS. The van der Waals surface area contributed by atoms with Crippen molar-refractivity contribution in [2.45, 2.75) is 32.2 Å². The number of halogens is 1. The van der Waals surface area contributed by atoms with Crippen LogP contribution < -0.4 is 10.1 Å². The van der Waals surface area contributed by atoms with Crippen molar-refractivity contribution in [3.8, 4) is 5.75 Å². The molecular weight excluding hydrogens is 346 g/mol. The highest BCUT2D eigenvalue weighted by Gasteiger charge is 2.32. The largest absolute Gasteiger partial charge is 0.492 e. The second-order valence-corrected chi connectivity index (χ2v) is 8.39. The molecule has 0 bridgehead atoms. The van der Waals surface area contributed by atoms with Gasteiger partial charge < -0.3 is 10.1 Å². The van der Waals surface area contributed by atoms with Crippen LogP contribution >= 0.6 is 27.3 Å². The van der Waals surface area contributed by atoms with Crippen molar-refractivity contribution in [3.63, 3.8) is 0 Å². The Morgan fingerprint density at radius 1 is 1.33 bits per heavy atom. The van der Waals surface area contributed by atoms with Gasteiger partial charge in [-0.1, -0.05) is 26.8 Å². The summed E-state index contributed by atoms with van der Waals surface area (Å²) in [6, 6.07) is 9.04. The quantitative estimate of drug-likeness (QED) is 0.833. The molecule has 1 aliphatic heterocycles. The van der Waals surface area contributed by atoms with E-state index in [1.54, 1.807) is 11.3 Å². The zero-order valence-electron chi connectivity index (χ0n) is 12.6. The van der Waals surface area contributed by atoms with E-state index in [1.165, 1.54) is 20.5 Å². The smallest absolute Gasteiger partial charge is 0.123 e. The number of fused-ring (bicyclic) bond motifs is 1. The van der Waals surface area contributed by atoms with Gasteiger partial charge in [0.1, 0.15) is 5.75 Å². The summed E-state index contributed by atoms with van der Waals surface area (Å²) >= 11 is 5.29. The molecule has 0 fully saturated rings. The third-order valence-corrected chi connectivity index (χ3v) is 5.51. The highest BCUT2D eigenvalue weighted by Crippen LogP contribution is 2.40. The fourth-order valence-electron chi connectivity index (χ4n) is 2.82. The van der Waals surface area contributed by atoms with Gasteiger partial charge in [-0.25, -0.2) is 0 Å². The van der Waals surface area contributed by atoms with Crippen molar-refractivity contribution < 1.29 is 4.74 Å². The minimum absolute atomic E-state index is 0.0946. The molecule has 1 unspecified atom stereocenters. The van der Waals surface area contributed by atoms with Gasteiger partial charge in [0.05, 0.1) is 16.4 Å². The van der Waals surface area contributed by atoms with Gasteiger partial charge >= 0.3 is 0 Å². The normalized spacial score (nSPS) is 17.3. The molecule has 0 saturated heterocycles. The summed E-state index contributed by atoms with van der Waals surface area (Å²) < 4.78 is 6.96. The topological polar surface area (TPSA) is 21.3 Å². The minimum atomic E-state index is 0.0946. The zero-order chi connectivity index (χ0) is 15.0. The average molecular weight is 366 g/mol. The summed E-state index contributed by atoms with van der Waals surface area (Å²) in [4.78, 5) is 0. The van der Waals surface area contributed by atoms with E-state index in [0.717, 1.165) is 18.9 Å². The van der Waals surface area contributed by atoms with Crippen LogP contribution in [0.2, 0.25) is 0 Å². The molecule has 0 aliphatic carbocycles. The second kappa shape index (κ2) is 5.75. The highest BCUT2D eigenvalue weighted by molar-refractivity contribution is 9.11. The fraction of sp³-hybridized carbons (Fsp3) is 0.412. The summed E-state index contributed by atoms with van der Waals surface area (Å²) in [5.41, 5.74) is 4.03. The van der Waals surface area contributed by atoms with Crippen LogP contribution in [0.1, 0.15) is 43.5 Å². The lowest BCUT2D eigenvalue weighted by Crippen LogP contribution is -2.22. The maximum Gasteiger partial charge on any atom is 0.123 e. The second-order valence-electron chi connectivity index (χ2n) is 6.10. The van der Waals surface area contributed by atoms with Crippen LogP contribution in [0.3, 0.4) is 0 Å².